The summed E-state index contributed by atoms with van der Waals surface area (Å²) >= 11 is 0. The molecule has 16 heavy (non-hydrogen) atoms. The zero-order valence-corrected chi connectivity index (χ0v) is 10.4. The summed E-state index contributed by atoms with van der Waals surface area (Å²) in [6.45, 7) is 1.36. The van der Waals surface area contributed by atoms with Crippen molar-refractivity contribution in [2.24, 2.45) is 11.7 Å². The van der Waals surface area contributed by atoms with E-state index in [9.17, 15) is 0 Å². The Bertz CT molecular complexity index is 233. The molecule has 0 aromatic carbocycles. The molecule has 2 N–H and O–H groups in total. The van der Waals surface area contributed by atoms with Crippen molar-refractivity contribution in [2.45, 2.75) is 75.9 Å². The summed E-state index contributed by atoms with van der Waals surface area (Å²) in [7, 11) is 0. The van der Waals surface area contributed by atoms with Crippen molar-refractivity contribution >= 4 is 0 Å². The van der Waals surface area contributed by atoms with Crippen molar-refractivity contribution in [1.82, 2.24) is 4.90 Å². The molecule has 2 atom stereocenters. The maximum Gasteiger partial charge on any atom is 0.0250 e. The standard InChI is InChI=1S/C14H26N2/c15-13-4-2-1-3-5-14(13)16(12-8-9-12)10-11-6-7-11/h11-14H,1-10,15H2. The maximum absolute atomic E-state index is 6.40. The van der Waals surface area contributed by atoms with Gasteiger partial charge in [0.1, 0.15) is 0 Å². The van der Waals surface area contributed by atoms with Gasteiger partial charge in [0.05, 0.1) is 0 Å². The van der Waals surface area contributed by atoms with Gasteiger partial charge in [-0.2, -0.15) is 0 Å². The molecule has 0 aromatic rings. The minimum atomic E-state index is 0.460. The summed E-state index contributed by atoms with van der Waals surface area (Å²) < 4.78 is 0. The monoisotopic (exact) mass is 222 g/mol. The smallest absolute Gasteiger partial charge is 0.0250 e. The number of hydrogen-bond donors (Lipinski definition) is 1. The van der Waals surface area contributed by atoms with Crippen molar-refractivity contribution in [3.05, 3.63) is 0 Å². The van der Waals surface area contributed by atoms with E-state index in [0.29, 0.717) is 6.04 Å². The van der Waals surface area contributed by atoms with Crippen LogP contribution < -0.4 is 5.73 Å². The second kappa shape index (κ2) is 4.66. The summed E-state index contributed by atoms with van der Waals surface area (Å²) in [5.41, 5.74) is 6.40. The highest BCUT2D eigenvalue weighted by atomic mass is 15.2. The molecule has 2 nitrogen and oxygen atoms in total. The van der Waals surface area contributed by atoms with Crippen LogP contribution in [0.25, 0.3) is 0 Å². The summed E-state index contributed by atoms with van der Waals surface area (Å²) in [6.07, 6.45) is 12.6. The number of hydrogen-bond acceptors (Lipinski definition) is 2. The molecule has 0 spiro atoms. The lowest BCUT2D eigenvalue weighted by Crippen LogP contribution is -2.49. The fourth-order valence-electron chi connectivity index (χ4n) is 3.29. The summed E-state index contributed by atoms with van der Waals surface area (Å²) in [5, 5.41) is 0. The number of nitrogens with zero attached hydrogens (tertiary/aromatic N) is 1. The number of nitrogens with two attached hydrogens (primary N) is 1. The van der Waals surface area contributed by atoms with Crippen molar-refractivity contribution in [1.29, 1.82) is 0 Å². The van der Waals surface area contributed by atoms with E-state index in [1.807, 2.05) is 0 Å². The quantitative estimate of drug-likeness (QED) is 0.741. The van der Waals surface area contributed by atoms with E-state index < -0.39 is 0 Å². The van der Waals surface area contributed by atoms with Crippen LogP contribution in [0.15, 0.2) is 0 Å². The predicted molar refractivity (Wildman–Crippen MR) is 67.3 cm³/mol. The van der Waals surface area contributed by atoms with Gasteiger partial charge in [0.25, 0.3) is 0 Å². The lowest BCUT2D eigenvalue weighted by atomic mass is 10.0. The van der Waals surface area contributed by atoms with Gasteiger partial charge in [-0.15, -0.1) is 0 Å². The predicted octanol–water partition coefficient (Wildman–Crippen LogP) is 2.52. The Hall–Kier alpha value is -0.0800. The first-order valence-corrected chi connectivity index (χ1v) is 7.36. The Morgan fingerprint density at radius 3 is 2.31 bits per heavy atom. The average molecular weight is 222 g/mol. The highest BCUT2D eigenvalue weighted by Gasteiger charge is 2.39. The van der Waals surface area contributed by atoms with Gasteiger partial charge in [0.2, 0.25) is 0 Å². The molecule has 0 saturated heterocycles. The van der Waals surface area contributed by atoms with Gasteiger partial charge < -0.3 is 5.73 Å². The van der Waals surface area contributed by atoms with Crippen LogP contribution in [-0.4, -0.2) is 29.6 Å². The van der Waals surface area contributed by atoms with Crippen LogP contribution in [-0.2, 0) is 0 Å². The highest BCUT2D eigenvalue weighted by molar-refractivity contribution is 4.95. The Balaban J connectivity index is 1.64. The lowest BCUT2D eigenvalue weighted by Gasteiger charge is -2.35. The molecular formula is C14H26N2. The van der Waals surface area contributed by atoms with Gasteiger partial charge in [-0.3, -0.25) is 4.90 Å². The Morgan fingerprint density at radius 1 is 0.875 bits per heavy atom. The molecule has 3 aliphatic carbocycles. The molecule has 2 heteroatoms. The van der Waals surface area contributed by atoms with Crippen molar-refractivity contribution in [3.8, 4) is 0 Å². The lowest BCUT2D eigenvalue weighted by molar-refractivity contribution is 0.146. The molecule has 0 aromatic heterocycles. The van der Waals surface area contributed by atoms with E-state index in [1.165, 1.54) is 64.3 Å². The molecule has 3 aliphatic rings. The highest BCUT2D eigenvalue weighted by Crippen LogP contribution is 2.38. The molecule has 3 saturated carbocycles. The SMILES string of the molecule is NC1CCCCCC1N(CC1CC1)C1CC1. The Labute approximate surface area is 99.6 Å². The molecule has 92 valence electrons. The van der Waals surface area contributed by atoms with E-state index in [4.69, 9.17) is 5.73 Å². The Morgan fingerprint density at radius 2 is 1.62 bits per heavy atom. The van der Waals surface area contributed by atoms with Crippen LogP contribution in [0.4, 0.5) is 0 Å². The molecule has 0 aliphatic heterocycles. The zero-order valence-electron chi connectivity index (χ0n) is 10.4. The molecule has 0 radical (unpaired) electrons. The van der Waals surface area contributed by atoms with Gasteiger partial charge in [0, 0.05) is 24.7 Å². The van der Waals surface area contributed by atoms with E-state index in [1.54, 1.807) is 0 Å². The Kier molecular flexibility index (Phi) is 3.21. The zero-order chi connectivity index (χ0) is 11.0. The van der Waals surface area contributed by atoms with Crippen LogP contribution >= 0.6 is 0 Å². The van der Waals surface area contributed by atoms with Crippen LogP contribution in [0.3, 0.4) is 0 Å². The van der Waals surface area contributed by atoms with Crippen LogP contribution in [0, 0.1) is 5.92 Å². The first-order valence-electron chi connectivity index (χ1n) is 7.36. The largest absolute Gasteiger partial charge is 0.326 e. The van der Waals surface area contributed by atoms with Gasteiger partial charge in [-0.05, 0) is 44.4 Å². The summed E-state index contributed by atoms with van der Waals surface area (Å²) in [5.74, 6) is 1.02. The third-order valence-electron chi connectivity index (χ3n) is 4.64. The molecule has 0 bridgehead atoms. The maximum atomic E-state index is 6.40. The molecule has 0 heterocycles. The molecule has 3 fully saturated rings. The fraction of sp³-hybridized carbons (Fsp3) is 1.00. The third kappa shape index (κ3) is 2.60. The van der Waals surface area contributed by atoms with Crippen molar-refractivity contribution < 1.29 is 0 Å². The second-order valence-electron chi connectivity index (χ2n) is 6.24. The summed E-state index contributed by atoms with van der Waals surface area (Å²) in [6, 6.07) is 2.09. The molecule has 2 unspecified atom stereocenters. The van der Waals surface area contributed by atoms with Crippen molar-refractivity contribution in [2.75, 3.05) is 6.54 Å². The van der Waals surface area contributed by atoms with Gasteiger partial charge in [0.15, 0.2) is 0 Å². The minimum Gasteiger partial charge on any atom is -0.326 e. The van der Waals surface area contributed by atoms with Crippen LogP contribution in [0.2, 0.25) is 0 Å². The van der Waals surface area contributed by atoms with E-state index in [2.05, 4.69) is 4.90 Å². The fourth-order valence-corrected chi connectivity index (χ4v) is 3.29. The second-order valence-corrected chi connectivity index (χ2v) is 6.24. The van der Waals surface area contributed by atoms with Crippen molar-refractivity contribution in [3.63, 3.8) is 0 Å². The molecule has 3 rings (SSSR count). The first-order chi connectivity index (χ1) is 7.84. The molecular weight excluding hydrogens is 196 g/mol. The topological polar surface area (TPSA) is 29.3 Å². The normalized spacial score (nSPS) is 36.4. The summed E-state index contributed by atoms with van der Waals surface area (Å²) in [4.78, 5) is 2.81. The number of rotatable bonds is 4. The van der Waals surface area contributed by atoms with Gasteiger partial charge in [-0.1, -0.05) is 19.3 Å². The van der Waals surface area contributed by atoms with Crippen LogP contribution in [0.5, 0.6) is 0 Å². The third-order valence-corrected chi connectivity index (χ3v) is 4.64. The van der Waals surface area contributed by atoms with E-state index in [-0.39, 0.29) is 0 Å². The van der Waals surface area contributed by atoms with Crippen LogP contribution in [0.1, 0.15) is 57.8 Å². The van der Waals surface area contributed by atoms with E-state index >= 15 is 0 Å². The first kappa shape index (κ1) is 11.0. The molecule has 0 amide bonds. The van der Waals surface area contributed by atoms with Gasteiger partial charge >= 0.3 is 0 Å². The minimum absolute atomic E-state index is 0.460. The average Bonchev–Trinajstić information content (AvgIpc) is 3.13. The van der Waals surface area contributed by atoms with E-state index in [0.717, 1.165) is 18.0 Å². The van der Waals surface area contributed by atoms with Gasteiger partial charge in [-0.25, -0.2) is 0 Å².